The number of allylic oxidation sites excluding steroid dienone is 1. The number of aryl methyl sites for hydroxylation is 2. The monoisotopic (exact) mass is 403 g/mol. The number of anilines is 1. The Kier molecular flexibility index (Phi) is 5.11. The fourth-order valence-corrected chi connectivity index (χ4v) is 3.73. The van der Waals surface area contributed by atoms with Crippen molar-refractivity contribution in [2.24, 2.45) is 0 Å². The number of carbonyl (C=O) groups is 1. The molecule has 0 fully saturated rings. The Morgan fingerprint density at radius 3 is 2.67 bits per heavy atom. The minimum absolute atomic E-state index is 0.222. The summed E-state index contributed by atoms with van der Waals surface area (Å²) in [5.41, 5.74) is 5.28. The second-order valence-electron chi connectivity index (χ2n) is 7.83. The molecule has 3 aromatic rings. The van der Waals surface area contributed by atoms with E-state index >= 15 is 0 Å². The van der Waals surface area contributed by atoms with E-state index in [1.807, 2.05) is 52.0 Å². The van der Waals surface area contributed by atoms with E-state index < -0.39 is 6.04 Å². The van der Waals surface area contributed by atoms with E-state index in [1.165, 1.54) is 0 Å². The van der Waals surface area contributed by atoms with Crippen LogP contribution >= 0.6 is 0 Å². The Hall–Kier alpha value is -3.48. The summed E-state index contributed by atoms with van der Waals surface area (Å²) >= 11 is 0. The average Bonchev–Trinajstić information content (AvgIpc) is 3.11. The van der Waals surface area contributed by atoms with Crippen LogP contribution in [-0.2, 0) is 9.53 Å². The van der Waals surface area contributed by atoms with Crippen molar-refractivity contribution in [1.29, 1.82) is 0 Å². The van der Waals surface area contributed by atoms with Crippen molar-refractivity contribution < 1.29 is 9.53 Å². The number of hydrogen-bond acceptors (Lipinski definition) is 6. The van der Waals surface area contributed by atoms with Crippen molar-refractivity contribution in [2.45, 2.75) is 46.8 Å². The minimum atomic E-state index is -0.439. The van der Waals surface area contributed by atoms with Gasteiger partial charge in [0.1, 0.15) is 6.04 Å². The smallest absolute Gasteiger partial charge is 0.338 e. The molecule has 0 saturated heterocycles. The highest BCUT2D eigenvalue weighted by Crippen LogP contribution is 2.38. The molecule has 3 heterocycles. The first-order chi connectivity index (χ1) is 14.3. The maximum Gasteiger partial charge on any atom is 0.338 e. The third-order valence-corrected chi connectivity index (χ3v) is 5.05. The Balaban J connectivity index is 1.89. The quantitative estimate of drug-likeness (QED) is 0.658. The fraction of sp³-hybridized carbons (Fsp3) is 0.304. The molecule has 0 aliphatic carbocycles. The summed E-state index contributed by atoms with van der Waals surface area (Å²) < 4.78 is 7.34. The van der Waals surface area contributed by atoms with E-state index in [-0.39, 0.29) is 12.1 Å². The van der Waals surface area contributed by atoms with Crippen LogP contribution in [0.2, 0.25) is 0 Å². The Labute approximate surface area is 175 Å². The van der Waals surface area contributed by atoms with E-state index in [2.05, 4.69) is 28.3 Å². The summed E-state index contributed by atoms with van der Waals surface area (Å²) in [4.78, 5) is 21.9. The van der Waals surface area contributed by atoms with Crippen molar-refractivity contribution in [3.05, 3.63) is 70.7 Å². The van der Waals surface area contributed by atoms with E-state index in [0.29, 0.717) is 23.0 Å². The van der Waals surface area contributed by atoms with Gasteiger partial charge in [0.05, 0.1) is 11.7 Å². The van der Waals surface area contributed by atoms with Gasteiger partial charge in [-0.15, -0.1) is 5.10 Å². The van der Waals surface area contributed by atoms with Gasteiger partial charge in [0.2, 0.25) is 5.95 Å². The van der Waals surface area contributed by atoms with Crippen molar-refractivity contribution in [3.63, 3.8) is 0 Å². The maximum absolute atomic E-state index is 13.1. The summed E-state index contributed by atoms with van der Waals surface area (Å²) in [7, 11) is 0. The molecule has 30 heavy (non-hydrogen) atoms. The van der Waals surface area contributed by atoms with Gasteiger partial charge < -0.3 is 10.1 Å². The zero-order valence-electron chi connectivity index (χ0n) is 17.8. The largest absolute Gasteiger partial charge is 0.459 e. The first-order valence-electron chi connectivity index (χ1n) is 9.98. The van der Waals surface area contributed by atoms with Crippen LogP contribution < -0.4 is 5.32 Å². The van der Waals surface area contributed by atoms with Gasteiger partial charge >= 0.3 is 5.97 Å². The molecular weight excluding hydrogens is 378 g/mol. The lowest BCUT2D eigenvalue weighted by Crippen LogP contribution is -2.31. The second-order valence-corrected chi connectivity index (χ2v) is 7.83. The number of rotatable bonds is 4. The third kappa shape index (κ3) is 3.58. The van der Waals surface area contributed by atoms with Crippen LogP contribution in [0.4, 0.5) is 5.95 Å². The lowest BCUT2D eigenvalue weighted by Gasteiger charge is -2.29. The van der Waals surface area contributed by atoms with Crippen molar-refractivity contribution >= 4 is 11.9 Å². The van der Waals surface area contributed by atoms with Crippen molar-refractivity contribution in [3.8, 4) is 11.4 Å². The molecule has 0 saturated carbocycles. The molecule has 1 unspecified atom stereocenters. The van der Waals surface area contributed by atoms with Gasteiger partial charge in [-0.25, -0.2) is 9.48 Å². The number of aromatic nitrogens is 4. The summed E-state index contributed by atoms with van der Waals surface area (Å²) in [6.07, 6.45) is 3.21. The van der Waals surface area contributed by atoms with Gasteiger partial charge in [-0.3, -0.25) is 4.98 Å². The van der Waals surface area contributed by atoms with Crippen LogP contribution in [0.3, 0.4) is 0 Å². The lowest BCUT2D eigenvalue weighted by molar-refractivity contribution is -0.143. The zero-order valence-corrected chi connectivity index (χ0v) is 17.8. The number of hydrogen-bond donors (Lipinski definition) is 1. The molecular formula is C23H25N5O2. The normalized spacial score (nSPS) is 15.7. The first kappa shape index (κ1) is 19.8. The summed E-state index contributed by atoms with van der Waals surface area (Å²) in [5.74, 6) is 0.771. The van der Waals surface area contributed by atoms with Crippen molar-refractivity contribution in [1.82, 2.24) is 19.7 Å². The van der Waals surface area contributed by atoms with Gasteiger partial charge in [0, 0.05) is 23.7 Å². The molecule has 2 aromatic heterocycles. The highest BCUT2D eigenvalue weighted by Gasteiger charge is 2.36. The molecule has 1 N–H and O–H groups in total. The van der Waals surface area contributed by atoms with E-state index in [1.54, 1.807) is 17.1 Å². The topological polar surface area (TPSA) is 81.9 Å². The summed E-state index contributed by atoms with van der Waals surface area (Å²) in [6.45, 7) is 9.66. The number of benzene rings is 1. The van der Waals surface area contributed by atoms with Gasteiger partial charge in [0.25, 0.3) is 0 Å². The number of fused-ring (bicyclic) bond motifs is 1. The highest BCUT2D eigenvalue weighted by molar-refractivity contribution is 5.92. The SMILES string of the molecule is CC1=C(C(=O)OC(C)C)C(c2ccc(C)cc2C)n2nc(-c3cccnc3)nc2N1. The van der Waals surface area contributed by atoms with E-state index in [0.717, 1.165) is 22.3 Å². The second kappa shape index (κ2) is 7.74. The number of nitrogens with one attached hydrogen (secondary N) is 1. The Morgan fingerprint density at radius 2 is 2.00 bits per heavy atom. The molecule has 4 rings (SSSR count). The molecule has 0 spiro atoms. The number of nitrogens with zero attached hydrogens (tertiary/aromatic N) is 4. The van der Waals surface area contributed by atoms with E-state index in [9.17, 15) is 4.79 Å². The van der Waals surface area contributed by atoms with Crippen LogP contribution in [0.15, 0.2) is 54.0 Å². The van der Waals surface area contributed by atoms with E-state index in [4.69, 9.17) is 9.84 Å². The number of esters is 1. The molecule has 1 aliphatic rings. The first-order valence-corrected chi connectivity index (χ1v) is 9.98. The molecule has 154 valence electrons. The van der Waals surface area contributed by atoms with Crippen molar-refractivity contribution in [2.75, 3.05) is 5.32 Å². The third-order valence-electron chi connectivity index (χ3n) is 5.05. The summed E-state index contributed by atoms with van der Waals surface area (Å²) in [6, 6.07) is 9.52. The van der Waals surface area contributed by atoms with Gasteiger partial charge in [-0.1, -0.05) is 23.8 Å². The average molecular weight is 403 g/mol. The van der Waals surface area contributed by atoms with Crippen LogP contribution in [0.25, 0.3) is 11.4 Å². The number of ether oxygens (including phenoxy) is 1. The lowest BCUT2D eigenvalue weighted by atomic mass is 9.91. The fourth-order valence-electron chi connectivity index (χ4n) is 3.73. The predicted molar refractivity (Wildman–Crippen MR) is 115 cm³/mol. The Bertz CT molecular complexity index is 1130. The molecule has 1 atom stereocenters. The molecule has 7 nitrogen and oxygen atoms in total. The van der Waals surface area contributed by atoms with Crippen LogP contribution in [0, 0.1) is 13.8 Å². The summed E-state index contributed by atoms with van der Waals surface area (Å²) in [5, 5.41) is 7.98. The molecule has 7 heteroatoms. The zero-order chi connectivity index (χ0) is 21.4. The molecule has 0 amide bonds. The predicted octanol–water partition coefficient (Wildman–Crippen LogP) is 4.20. The minimum Gasteiger partial charge on any atom is -0.459 e. The standard InChI is InChI=1S/C23H25N5O2/c1-13(2)30-22(29)19-16(5)25-23-26-21(17-7-6-10-24-12-17)27-28(23)20(19)18-9-8-14(3)11-15(18)4/h6-13,20H,1-5H3,(H,25,26,27). The van der Waals surface area contributed by atoms with Crippen LogP contribution in [0.1, 0.15) is 43.5 Å². The number of carbonyl (C=O) groups excluding carboxylic acids is 1. The molecule has 0 bridgehead atoms. The van der Waals surface area contributed by atoms with Gasteiger partial charge in [-0.2, -0.15) is 4.98 Å². The van der Waals surface area contributed by atoms with Gasteiger partial charge in [-0.05, 0) is 57.9 Å². The maximum atomic E-state index is 13.1. The molecule has 1 aliphatic heterocycles. The van der Waals surface area contributed by atoms with Crippen LogP contribution in [-0.4, -0.2) is 31.8 Å². The highest BCUT2D eigenvalue weighted by atomic mass is 16.5. The van der Waals surface area contributed by atoms with Crippen LogP contribution in [0.5, 0.6) is 0 Å². The molecule has 1 aromatic carbocycles. The number of pyridine rings is 1. The Morgan fingerprint density at radius 1 is 1.20 bits per heavy atom. The van der Waals surface area contributed by atoms with Gasteiger partial charge in [0.15, 0.2) is 5.82 Å². The molecule has 0 radical (unpaired) electrons.